The molecule has 0 bridgehead atoms. The molecule has 2 aromatic carbocycles. The molecule has 20 heavy (non-hydrogen) atoms. The van der Waals surface area contributed by atoms with Crippen molar-refractivity contribution in [3.05, 3.63) is 60.3 Å². The fourth-order valence-electron chi connectivity index (χ4n) is 2.34. The summed E-state index contributed by atoms with van der Waals surface area (Å²) in [5.74, 6) is 0.880. The van der Waals surface area contributed by atoms with E-state index in [4.69, 9.17) is 5.73 Å². The SMILES string of the molecule is CN(Cc1cccc(N)c1)c1nncc2ccccc12. The molecule has 0 unspecified atom stereocenters. The third kappa shape index (κ3) is 2.40. The zero-order valence-electron chi connectivity index (χ0n) is 11.3. The summed E-state index contributed by atoms with van der Waals surface area (Å²) in [6, 6.07) is 16.0. The minimum Gasteiger partial charge on any atom is -0.399 e. The highest BCUT2D eigenvalue weighted by Crippen LogP contribution is 2.23. The van der Waals surface area contributed by atoms with Crippen LogP contribution in [0.25, 0.3) is 10.8 Å². The Bertz CT molecular complexity index is 734. The van der Waals surface area contributed by atoms with Gasteiger partial charge in [0, 0.05) is 30.1 Å². The number of nitrogens with two attached hydrogens (primary N) is 1. The maximum atomic E-state index is 5.82. The summed E-state index contributed by atoms with van der Waals surface area (Å²) in [5, 5.41) is 10.5. The van der Waals surface area contributed by atoms with Gasteiger partial charge in [0.1, 0.15) is 0 Å². The van der Waals surface area contributed by atoms with Crippen LogP contribution < -0.4 is 10.6 Å². The number of benzene rings is 2. The second-order valence-corrected chi connectivity index (χ2v) is 4.86. The highest BCUT2D eigenvalue weighted by Gasteiger charge is 2.08. The lowest BCUT2D eigenvalue weighted by Gasteiger charge is -2.19. The Morgan fingerprint density at radius 3 is 2.80 bits per heavy atom. The Kier molecular flexibility index (Phi) is 3.21. The molecule has 3 rings (SSSR count). The van der Waals surface area contributed by atoms with Crippen molar-refractivity contribution in [1.29, 1.82) is 0 Å². The first-order valence-corrected chi connectivity index (χ1v) is 6.50. The number of fused-ring (bicyclic) bond motifs is 1. The zero-order valence-corrected chi connectivity index (χ0v) is 11.3. The molecule has 0 aliphatic carbocycles. The Morgan fingerprint density at radius 2 is 1.95 bits per heavy atom. The molecule has 1 heterocycles. The molecule has 0 aliphatic heterocycles. The first kappa shape index (κ1) is 12.4. The molecule has 0 spiro atoms. The van der Waals surface area contributed by atoms with Crippen LogP contribution in [0.3, 0.4) is 0 Å². The van der Waals surface area contributed by atoms with Crippen LogP contribution in [-0.2, 0) is 6.54 Å². The Labute approximate surface area is 117 Å². The van der Waals surface area contributed by atoms with Crippen LogP contribution in [0.1, 0.15) is 5.56 Å². The fourth-order valence-corrected chi connectivity index (χ4v) is 2.34. The molecule has 2 N–H and O–H groups in total. The van der Waals surface area contributed by atoms with E-state index in [1.165, 1.54) is 0 Å². The molecule has 0 aliphatic rings. The number of aromatic nitrogens is 2. The highest BCUT2D eigenvalue weighted by molar-refractivity contribution is 5.91. The van der Waals surface area contributed by atoms with Crippen molar-refractivity contribution in [3.8, 4) is 0 Å². The first-order valence-electron chi connectivity index (χ1n) is 6.50. The van der Waals surface area contributed by atoms with Gasteiger partial charge in [-0.3, -0.25) is 0 Å². The molecule has 0 saturated heterocycles. The standard InChI is InChI=1S/C16H16N4/c1-20(11-12-5-4-7-14(17)9-12)16-15-8-3-2-6-13(15)10-18-19-16/h2-10H,11,17H2,1H3. The monoisotopic (exact) mass is 264 g/mol. The van der Waals surface area contributed by atoms with Crippen LogP contribution in [0.2, 0.25) is 0 Å². The molecule has 0 atom stereocenters. The summed E-state index contributed by atoms with van der Waals surface area (Å²) in [7, 11) is 2.01. The summed E-state index contributed by atoms with van der Waals surface area (Å²) in [5.41, 5.74) is 7.75. The minimum absolute atomic E-state index is 0.744. The molecular formula is C16H16N4. The number of nitrogen functional groups attached to an aromatic ring is 1. The van der Waals surface area contributed by atoms with E-state index >= 15 is 0 Å². The van der Waals surface area contributed by atoms with Crippen LogP contribution in [-0.4, -0.2) is 17.2 Å². The lowest BCUT2D eigenvalue weighted by atomic mass is 10.1. The Morgan fingerprint density at radius 1 is 1.10 bits per heavy atom. The highest BCUT2D eigenvalue weighted by atomic mass is 15.2. The fraction of sp³-hybridized carbons (Fsp3) is 0.125. The maximum Gasteiger partial charge on any atom is 0.159 e. The maximum absolute atomic E-state index is 5.82. The normalized spacial score (nSPS) is 10.7. The van der Waals surface area contributed by atoms with E-state index in [1.807, 2.05) is 43.4 Å². The third-order valence-electron chi connectivity index (χ3n) is 3.28. The molecule has 0 saturated carbocycles. The van der Waals surface area contributed by atoms with Crippen LogP contribution in [0, 0.1) is 0 Å². The predicted molar refractivity (Wildman–Crippen MR) is 82.5 cm³/mol. The first-order chi connectivity index (χ1) is 9.74. The van der Waals surface area contributed by atoms with E-state index in [0.717, 1.165) is 34.4 Å². The molecule has 0 amide bonds. The van der Waals surface area contributed by atoms with E-state index in [9.17, 15) is 0 Å². The summed E-state index contributed by atoms with van der Waals surface area (Å²) in [6.45, 7) is 0.744. The Hall–Kier alpha value is -2.62. The predicted octanol–water partition coefficient (Wildman–Crippen LogP) is 2.85. The number of hydrogen-bond donors (Lipinski definition) is 1. The van der Waals surface area contributed by atoms with E-state index < -0.39 is 0 Å². The molecule has 4 heteroatoms. The van der Waals surface area contributed by atoms with Crippen LogP contribution in [0.4, 0.5) is 11.5 Å². The van der Waals surface area contributed by atoms with Crippen molar-refractivity contribution in [1.82, 2.24) is 10.2 Å². The second kappa shape index (κ2) is 5.17. The van der Waals surface area contributed by atoms with Crippen molar-refractivity contribution in [2.75, 3.05) is 17.7 Å². The molecule has 0 fully saturated rings. The summed E-state index contributed by atoms with van der Waals surface area (Å²) >= 11 is 0. The van der Waals surface area contributed by atoms with Crippen molar-refractivity contribution < 1.29 is 0 Å². The van der Waals surface area contributed by atoms with Crippen molar-refractivity contribution >= 4 is 22.3 Å². The third-order valence-corrected chi connectivity index (χ3v) is 3.28. The average molecular weight is 264 g/mol. The van der Waals surface area contributed by atoms with Gasteiger partial charge in [-0.2, -0.15) is 5.10 Å². The second-order valence-electron chi connectivity index (χ2n) is 4.86. The largest absolute Gasteiger partial charge is 0.399 e. The molecule has 3 aromatic rings. The van der Waals surface area contributed by atoms with Crippen molar-refractivity contribution in [3.63, 3.8) is 0 Å². The van der Waals surface area contributed by atoms with Crippen molar-refractivity contribution in [2.24, 2.45) is 0 Å². The quantitative estimate of drug-likeness (QED) is 0.739. The van der Waals surface area contributed by atoms with Gasteiger partial charge in [0.05, 0.1) is 6.20 Å². The number of rotatable bonds is 3. The lowest BCUT2D eigenvalue weighted by molar-refractivity contribution is 0.876. The lowest BCUT2D eigenvalue weighted by Crippen LogP contribution is -2.18. The van der Waals surface area contributed by atoms with Crippen molar-refractivity contribution in [2.45, 2.75) is 6.54 Å². The van der Waals surface area contributed by atoms with E-state index in [1.54, 1.807) is 6.20 Å². The molecular weight excluding hydrogens is 248 g/mol. The van der Waals surface area contributed by atoms with E-state index in [0.29, 0.717) is 0 Å². The number of hydrogen-bond acceptors (Lipinski definition) is 4. The van der Waals surface area contributed by atoms with Gasteiger partial charge in [-0.25, -0.2) is 0 Å². The van der Waals surface area contributed by atoms with Gasteiger partial charge in [-0.05, 0) is 17.7 Å². The molecule has 100 valence electrons. The van der Waals surface area contributed by atoms with Gasteiger partial charge in [0.2, 0.25) is 0 Å². The van der Waals surface area contributed by atoms with Gasteiger partial charge in [0.15, 0.2) is 5.82 Å². The van der Waals surface area contributed by atoms with Gasteiger partial charge in [-0.1, -0.05) is 36.4 Å². The molecule has 4 nitrogen and oxygen atoms in total. The molecule has 1 aromatic heterocycles. The topological polar surface area (TPSA) is 55.0 Å². The number of nitrogens with zero attached hydrogens (tertiary/aromatic N) is 3. The van der Waals surface area contributed by atoms with Gasteiger partial charge in [0.25, 0.3) is 0 Å². The van der Waals surface area contributed by atoms with Gasteiger partial charge in [-0.15, -0.1) is 5.10 Å². The summed E-state index contributed by atoms with van der Waals surface area (Å²) < 4.78 is 0. The average Bonchev–Trinajstić information content (AvgIpc) is 2.46. The van der Waals surface area contributed by atoms with Gasteiger partial charge >= 0.3 is 0 Å². The number of anilines is 2. The minimum atomic E-state index is 0.744. The van der Waals surface area contributed by atoms with Crippen LogP contribution in [0.5, 0.6) is 0 Å². The molecule has 0 radical (unpaired) electrons. The van der Waals surface area contributed by atoms with Gasteiger partial charge < -0.3 is 10.6 Å². The smallest absolute Gasteiger partial charge is 0.159 e. The van der Waals surface area contributed by atoms with E-state index in [2.05, 4.69) is 27.2 Å². The van der Waals surface area contributed by atoms with Crippen LogP contribution in [0.15, 0.2) is 54.7 Å². The summed E-state index contributed by atoms with van der Waals surface area (Å²) in [4.78, 5) is 2.09. The van der Waals surface area contributed by atoms with Crippen LogP contribution >= 0.6 is 0 Å². The Balaban J connectivity index is 1.94. The summed E-state index contributed by atoms with van der Waals surface area (Å²) in [6.07, 6.45) is 1.78. The van der Waals surface area contributed by atoms with E-state index in [-0.39, 0.29) is 0 Å². The zero-order chi connectivity index (χ0) is 13.9.